The molecule has 1 aliphatic heterocycles. The average molecular weight is 252 g/mol. The molecule has 3 unspecified atom stereocenters. The number of allylic oxidation sites excluding steroid dienone is 3. The summed E-state index contributed by atoms with van der Waals surface area (Å²) in [6, 6.07) is 0. The first-order chi connectivity index (χ1) is 7.31. The first kappa shape index (κ1) is 11.7. The van der Waals surface area contributed by atoms with Crippen molar-refractivity contribution >= 4 is 10.1 Å². The molecular weight excluding hydrogens is 242 g/mol. The van der Waals surface area contributed by atoms with Crippen molar-refractivity contribution in [1.29, 1.82) is 0 Å². The van der Waals surface area contributed by atoms with E-state index in [9.17, 15) is 17.2 Å². The van der Waals surface area contributed by atoms with E-state index in [1.165, 1.54) is 0 Å². The van der Waals surface area contributed by atoms with E-state index in [-0.39, 0.29) is 6.42 Å². The van der Waals surface area contributed by atoms with Crippen LogP contribution in [-0.4, -0.2) is 36.6 Å². The third kappa shape index (κ3) is 2.31. The Morgan fingerprint density at radius 1 is 1.62 bits per heavy atom. The zero-order chi connectivity index (χ0) is 12.0. The summed E-state index contributed by atoms with van der Waals surface area (Å²) in [5.41, 5.74) is -2.45. The summed E-state index contributed by atoms with van der Waals surface area (Å²) in [7, 11) is -4.60. The number of rotatable bonds is 3. The summed E-state index contributed by atoms with van der Waals surface area (Å²) >= 11 is 0. The van der Waals surface area contributed by atoms with Crippen molar-refractivity contribution in [2.45, 2.75) is 23.4 Å². The largest absolute Gasteiger partial charge is 0.373 e. The number of ether oxygens (including phenoxy) is 1. The standard InChI is InChI=1S/C9H10F2O4S/c10-6-1-2-8(16(12,13)14)9(11,3-6)4-7-5-15-7/h1-3,7-8H,4-5H2,(H,12,13,14). The predicted octanol–water partition coefficient (Wildman–Crippen LogP) is 1.16. The maximum atomic E-state index is 14.3. The molecule has 16 heavy (non-hydrogen) atoms. The summed E-state index contributed by atoms with van der Waals surface area (Å²) in [6.07, 6.45) is 1.52. The first-order valence-corrected chi connectivity index (χ1v) is 6.15. The van der Waals surface area contributed by atoms with Crippen LogP contribution in [0.2, 0.25) is 0 Å². The molecule has 0 spiro atoms. The molecule has 1 saturated heterocycles. The van der Waals surface area contributed by atoms with E-state index in [1.54, 1.807) is 0 Å². The van der Waals surface area contributed by atoms with Gasteiger partial charge in [-0.3, -0.25) is 4.55 Å². The molecule has 0 amide bonds. The van der Waals surface area contributed by atoms with Gasteiger partial charge in [-0.25, -0.2) is 8.78 Å². The first-order valence-electron chi connectivity index (χ1n) is 4.65. The van der Waals surface area contributed by atoms with Gasteiger partial charge in [-0.05, 0) is 12.2 Å². The van der Waals surface area contributed by atoms with E-state index >= 15 is 0 Å². The molecule has 2 aliphatic rings. The molecule has 0 aromatic heterocycles. The molecule has 0 aromatic carbocycles. The number of alkyl halides is 1. The lowest BCUT2D eigenvalue weighted by molar-refractivity contribution is 0.188. The van der Waals surface area contributed by atoms with Crippen molar-refractivity contribution in [2.24, 2.45) is 0 Å². The van der Waals surface area contributed by atoms with E-state index in [4.69, 9.17) is 9.29 Å². The Bertz CT molecular complexity index is 452. The Balaban J connectivity index is 2.32. The van der Waals surface area contributed by atoms with Crippen LogP contribution in [0.25, 0.3) is 0 Å². The normalized spacial score (nSPS) is 38.3. The van der Waals surface area contributed by atoms with Crippen molar-refractivity contribution in [3.05, 3.63) is 24.1 Å². The smallest absolute Gasteiger partial charge is 0.274 e. The van der Waals surface area contributed by atoms with Crippen LogP contribution in [-0.2, 0) is 14.9 Å². The quantitative estimate of drug-likeness (QED) is 0.604. The third-order valence-corrected chi connectivity index (χ3v) is 3.74. The lowest BCUT2D eigenvalue weighted by atomic mass is 9.91. The van der Waals surface area contributed by atoms with Gasteiger partial charge in [0.25, 0.3) is 10.1 Å². The van der Waals surface area contributed by atoms with E-state index in [0.29, 0.717) is 12.7 Å². The molecule has 1 aliphatic carbocycles. The number of hydrogen-bond acceptors (Lipinski definition) is 3. The Labute approximate surface area is 91.3 Å². The van der Waals surface area contributed by atoms with Gasteiger partial charge in [-0.15, -0.1) is 0 Å². The summed E-state index contributed by atoms with van der Waals surface area (Å²) in [4.78, 5) is 0. The van der Waals surface area contributed by atoms with Crippen LogP contribution in [0.3, 0.4) is 0 Å². The van der Waals surface area contributed by atoms with Gasteiger partial charge in [0.2, 0.25) is 0 Å². The highest BCUT2D eigenvalue weighted by atomic mass is 32.2. The van der Waals surface area contributed by atoms with Gasteiger partial charge in [0.05, 0.1) is 12.7 Å². The monoisotopic (exact) mass is 252 g/mol. The third-order valence-electron chi connectivity index (χ3n) is 2.54. The van der Waals surface area contributed by atoms with Crippen molar-refractivity contribution in [3.8, 4) is 0 Å². The fraction of sp³-hybridized carbons (Fsp3) is 0.556. The van der Waals surface area contributed by atoms with E-state index in [2.05, 4.69) is 0 Å². The lowest BCUT2D eigenvalue weighted by Crippen LogP contribution is -2.43. The van der Waals surface area contributed by atoms with Crippen molar-refractivity contribution in [1.82, 2.24) is 0 Å². The van der Waals surface area contributed by atoms with Gasteiger partial charge in [0.1, 0.15) is 11.1 Å². The zero-order valence-electron chi connectivity index (χ0n) is 8.14. The lowest BCUT2D eigenvalue weighted by Gasteiger charge is -2.28. The van der Waals surface area contributed by atoms with E-state index in [0.717, 1.165) is 12.2 Å². The van der Waals surface area contributed by atoms with Gasteiger partial charge < -0.3 is 4.74 Å². The maximum absolute atomic E-state index is 14.3. The molecule has 2 rings (SSSR count). The maximum Gasteiger partial charge on any atom is 0.274 e. The Hall–Kier alpha value is -0.790. The van der Waals surface area contributed by atoms with Gasteiger partial charge in [0.15, 0.2) is 5.67 Å². The highest BCUT2D eigenvalue weighted by Gasteiger charge is 2.49. The van der Waals surface area contributed by atoms with Crippen LogP contribution in [0.15, 0.2) is 24.1 Å². The second kappa shape index (κ2) is 3.61. The highest BCUT2D eigenvalue weighted by Crippen LogP contribution is 2.37. The van der Waals surface area contributed by atoms with E-state index in [1.807, 2.05) is 0 Å². The minimum Gasteiger partial charge on any atom is -0.373 e. The topological polar surface area (TPSA) is 66.9 Å². The van der Waals surface area contributed by atoms with E-state index < -0.39 is 33.0 Å². The van der Waals surface area contributed by atoms with Crippen molar-refractivity contribution in [3.63, 3.8) is 0 Å². The summed E-state index contributed by atoms with van der Waals surface area (Å²) < 4.78 is 62.8. The molecule has 90 valence electrons. The SMILES string of the molecule is O=S(=O)(O)C1C=CC(F)=CC1(F)CC1CO1. The van der Waals surface area contributed by atoms with Gasteiger partial charge in [-0.2, -0.15) is 8.42 Å². The molecule has 3 atom stereocenters. The summed E-state index contributed by atoms with van der Waals surface area (Å²) in [5, 5.41) is -1.77. The highest BCUT2D eigenvalue weighted by molar-refractivity contribution is 7.86. The second-order valence-corrected chi connectivity index (χ2v) is 5.45. The molecule has 1 N–H and O–H groups in total. The molecule has 4 nitrogen and oxygen atoms in total. The minimum absolute atomic E-state index is 0.283. The molecule has 0 bridgehead atoms. The Morgan fingerprint density at radius 2 is 2.25 bits per heavy atom. The van der Waals surface area contributed by atoms with Crippen LogP contribution in [0.1, 0.15) is 6.42 Å². The Morgan fingerprint density at radius 3 is 2.75 bits per heavy atom. The summed E-state index contributed by atoms with van der Waals surface area (Å²) in [6.45, 7) is 0.322. The van der Waals surface area contributed by atoms with Crippen LogP contribution < -0.4 is 0 Å². The molecule has 0 radical (unpaired) electrons. The van der Waals surface area contributed by atoms with Crippen LogP contribution in [0.5, 0.6) is 0 Å². The Kier molecular flexibility index (Phi) is 2.64. The van der Waals surface area contributed by atoms with Gasteiger partial charge >= 0.3 is 0 Å². The molecule has 0 aromatic rings. The number of epoxide rings is 1. The van der Waals surface area contributed by atoms with Crippen LogP contribution in [0.4, 0.5) is 8.78 Å². The molecule has 7 heteroatoms. The second-order valence-electron chi connectivity index (χ2n) is 3.91. The fourth-order valence-electron chi connectivity index (χ4n) is 1.76. The molecular formula is C9H10F2O4S. The molecule has 1 fully saturated rings. The number of halogens is 2. The predicted molar refractivity (Wildman–Crippen MR) is 51.9 cm³/mol. The molecule has 0 saturated carbocycles. The zero-order valence-corrected chi connectivity index (χ0v) is 8.95. The minimum atomic E-state index is -4.60. The van der Waals surface area contributed by atoms with Gasteiger partial charge in [-0.1, -0.05) is 6.08 Å². The van der Waals surface area contributed by atoms with Crippen molar-refractivity contribution in [2.75, 3.05) is 6.61 Å². The fourth-order valence-corrected chi connectivity index (χ4v) is 2.69. The average Bonchev–Trinajstić information content (AvgIpc) is 2.84. The van der Waals surface area contributed by atoms with Gasteiger partial charge in [0, 0.05) is 6.42 Å². The van der Waals surface area contributed by atoms with Crippen molar-refractivity contribution < 1.29 is 26.5 Å². The molecule has 1 heterocycles. The van der Waals surface area contributed by atoms with Crippen LogP contribution >= 0.6 is 0 Å². The van der Waals surface area contributed by atoms with Crippen LogP contribution in [0, 0.1) is 0 Å². The number of hydrogen-bond donors (Lipinski definition) is 1. The summed E-state index contributed by atoms with van der Waals surface area (Å²) in [5.74, 6) is -0.858.